The minimum absolute atomic E-state index is 0.0607. The number of aryl methyl sites for hydroxylation is 1. The summed E-state index contributed by atoms with van der Waals surface area (Å²) in [7, 11) is 0. The normalized spacial score (nSPS) is 10.3. The van der Waals surface area contributed by atoms with Crippen molar-refractivity contribution in [1.29, 1.82) is 0 Å². The van der Waals surface area contributed by atoms with Gasteiger partial charge >= 0.3 is 0 Å². The van der Waals surface area contributed by atoms with E-state index in [1.54, 1.807) is 13.0 Å². The maximum atomic E-state index is 12.9. The predicted octanol–water partition coefficient (Wildman–Crippen LogP) is 2.64. The quantitative estimate of drug-likeness (QED) is 0.746. The van der Waals surface area contributed by atoms with Crippen LogP contribution in [0.5, 0.6) is 0 Å². The van der Waals surface area contributed by atoms with Gasteiger partial charge in [0.1, 0.15) is 18.0 Å². The molecule has 15 heavy (non-hydrogen) atoms. The van der Waals surface area contributed by atoms with Crippen LogP contribution < -0.4 is 0 Å². The second-order valence-corrected chi connectivity index (χ2v) is 3.39. The highest BCUT2D eigenvalue weighted by Crippen LogP contribution is 2.21. The summed E-state index contributed by atoms with van der Waals surface area (Å²) in [4.78, 5) is 12.0. The summed E-state index contributed by atoms with van der Waals surface area (Å²) < 4.78 is 12.9. The highest BCUT2D eigenvalue weighted by molar-refractivity contribution is 6.31. The number of aromatic nitrogens is 3. The lowest BCUT2D eigenvalue weighted by Crippen LogP contribution is -1.94. The molecule has 5 heteroatoms. The average Bonchev–Trinajstić information content (AvgIpc) is 2.22. The number of hydrogen-bond donors (Lipinski definition) is 0. The van der Waals surface area contributed by atoms with Crippen LogP contribution in [0.3, 0.4) is 0 Å². The second-order valence-electron chi connectivity index (χ2n) is 2.99. The molecular formula is C10H7ClFN3. The van der Waals surface area contributed by atoms with Gasteiger partial charge in [0.25, 0.3) is 0 Å². The standard InChI is InChI=1S/C10H7ClFN3/c1-6-13-5-14-10(15-6)7-2-3-9(12)8(11)4-7/h2-5H,1H3. The van der Waals surface area contributed by atoms with E-state index < -0.39 is 5.82 Å². The summed E-state index contributed by atoms with van der Waals surface area (Å²) in [5.41, 5.74) is 0.673. The fourth-order valence-corrected chi connectivity index (χ4v) is 1.33. The predicted molar refractivity (Wildman–Crippen MR) is 55.0 cm³/mol. The Balaban J connectivity index is 2.50. The zero-order valence-corrected chi connectivity index (χ0v) is 8.66. The van der Waals surface area contributed by atoms with Gasteiger partial charge in [-0.3, -0.25) is 0 Å². The number of nitrogens with zero attached hydrogens (tertiary/aromatic N) is 3. The van der Waals surface area contributed by atoms with Crippen molar-refractivity contribution in [2.45, 2.75) is 6.92 Å². The average molecular weight is 224 g/mol. The molecular weight excluding hydrogens is 217 g/mol. The molecule has 0 atom stereocenters. The third-order valence-corrected chi connectivity index (χ3v) is 2.16. The summed E-state index contributed by atoms with van der Waals surface area (Å²) in [5.74, 6) is 0.649. The summed E-state index contributed by atoms with van der Waals surface area (Å²) >= 11 is 5.66. The lowest BCUT2D eigenvalue weighted by atomic mass is 10.2. The molecule has 3 nitrogen and oxygen atoms in total. The summed E-state index contributed by atoms with van der Waals surface area (Å²) in [6.07, 6.45) is 1.41. The van der Waals surface area contributed by atoms with Crippen molar-refractivity contribution >= 4 is 11.6 Å². The lowest BCUT2D eigenvalue weighted by Gasteiger charge is -2.01. The van der Waals surface area contributed by atoms with E-state index in [0.29, 0.717) is 17.2 Å². The van der Waals surface area contributed by atoms with E-state index in [-0.39, 0.29) is 5.02 Å². The van der Waals surface area contributed by atoms with E-state index in [4.69, 9.17) is 11.6 Å². The lowest BCUT2D eigenvalue weighted by molar-refractivity contribution is 0.628. The molecule has 0 saturated carbocycles. The number of hydrogen-bond acceptors (Lipinski definition) is 3. The Bertz CT molecular complexity index is 502. The smallest absolute Gasteiger partial charge is 0.163 e. The Labute approximate surface area is 91.0 Å². The van der Waals surface area contributed by atoms with Gasteiger partial charge in [-0.25, -0.2) is 19.3 Å². The van der Waals surface area contributed by atoms with Gasteiger partial charge in [-0.15, -0.1) is 0 Å². The Morgan fingerprint density at radius 3 is 2.73 bits per heavy atom. The SMILES string of the molecule is Cc1ncnc(-c2ccc(F)c(Cl)c2)n1. The third-order valence-electron chi connectivity index (χ3n) is 1.87. The Hall–Kier alpha value is -1.55. The molecule has 0 aliphatic heterocycles. The van der Waals surface area contributed by atoms with Crippen LogP contribution in [0.25, 0.3) is 11.4 Å². The third kappa shape index (κ3) is 2.10. The minimum atomic E-state index is -0.453. The molecule has 0 amide bonds. The molecule has 1 aromatic carbocycles. The zero-order chi connectivity index (χ0) is 10.8. The van der Waals surface area contributed by atoms with Crippen LogP contribution in [-0.2, 0) is 0 Å². The highest BCUT2D eigenvalue weighted by Gasteiger charge is 2.05. The summed E-state index contributed by atoms with van der Waals surface area (Å²) in [6.45, 7) is 1.76. The molecule has 1 heterocycles. The van der Waals surface area contributed by atoms with Gasteiger partial charge in [0.15, 0.2) is 5.82 Å². The van der Waals surface area contributed by atoms with Crippen LogP contribution in [0.2, 0.25) is 5.02 Å². The topological polar surface area (TPSA) is 38.7 Å². The van der Waals surface area contributed by atoms with Crippen LogP contribution in [-0.4, -0.2) is 15.0 Å². The molecule has 0 unspecified atom stereocenters. The minimum Gasteiger partial charge on any atom is -0.222 e. The molecule has 0 saturated heterocycles. The Morgan fingerprint density at radius 1 is 1.27 bits per heavy atom. The molecule has 1 aromatic heterocycles. The van der Waals surface area contributed by atoms with Gasteiger partial charge in [-0.05, 0) is 25.1 Å². The summed E-state index contributed by atoms with van der Waals surface area (Å²) in [5, 5.41) is 0.0607. The van der Waals surface area contributed by atoms with Gasteiger partial charge in [-0.1, -0.05) is 11.6 Å². The van der Waals surface area contributed by atoms with Crippen molar-refractivity contribution in [3.8, 4) is 11.4 Å². The first kappa shape index (κ1) is 9.98. The van der Waals surface area contributed by atoms with Gasteiger partial charge in [0, 0.05) is 5.56 Å². The van der Waals surface area contributed by atoms with Gasteiger partial charge in [0.05, 0.1) is 5.02 Å². The first-order valence-corrected chi connectivity index (χ1v) is 4.65. The maximum absolute atomic E-state index is 12.9. The van der Waals surface area contributed by atoms with E-state index in [1.165, 1.54) is 18.5 Å². The van der Waals surface area contributed by atoms with E-state index >= 15 is 0 Å². The van der Waals surface area contributed by atoms with E-state index in [1.807, 2.05) is 0 Å². The first-order valence-electron chi connectivity index (χ1n) is 4.28. The molecule has 0 aliphatic rings. The van der Waals surface area contributed by atoms with Crippen molar-refractivity contribution in [1.82, 2.24) is 15.0 Å². The molecule has 0 spiro atoms. The summed E-state index contributed by atoms with van der Waals surface area (Å²) in [6, 6.07) is 4.36. The number of halogens is 2. The monoisotopic (exact) mass is 223 g/mol. The van der Waals surface area contributed by atoms with Gasteiger partial charge in [-0.2, -0.15) is 0 Å². The van der Waals surface area contributed by atoms with Crippen LogP contribution in [0, 0.1) is 12.7 Å². The molecule has 2 rings (SSSR count). The van der Waals surface area contributed by atoms with E-state index in [0.717, 1.165) is 0 Å². The molecule has 76 valence electrons. The van der Waals surface area contributed by atoms with Crippen molar-refractivity contribution in [2.24, 2.45) is 0 Å². The van der Waals surface area contributed by atoms with Crippen molar-refractivity contribution < 1.29 is 4.39 Å². The fourth-order valence-electron chi connectivity index (χ4n) is 1.15. The van der Waals surface area contributed by atoms with Crippen LogP contribution in [0.15, 0.2) is 24.5 Å². The van der Waals surface area contributed by atoms with Gasteiger partial charge in [0.2, 0.25) is 0 Å². The molecule has 0 fully saturated rings. The van der Waals surface area contributed by atoms with Crippen molar-refractivity contribution in [2.75, 3.05) is 0 Å². The van der Waals surface area contributed by atoms with Crippen molar-refractivity contribution in [3.63, 3.8) is 0 Å². The fraction of sp³-hybridized carbons (Fsp3) is 0.100. The van der Waals surface area contributed by atoms with Crippen LogP contribution in [0.1, 0.15) is 5.82 Å². The molecule has 0 aliphatic carbocycles. The van der Waals surface area contributed by atoms with Crippen LogP contribution >= 0.6 is 11.6 Å². The van der Waals surface area contributed by atoms with Gasteiger partial charge < -0.3 is 0 Å². The highest BCUT2D eigenvalue weighted by atomic mass is 35.5. The van der Waals surface area contributed by atoms with Crippen molar-refractivity contribution in [3.05, 3.63) is 41.2 Å². The maximum Gasteiger partial charge on any atom is 0.163 e. The number of benzene rings is 1. The molecule has 0 bridgehead atoms. The van der Waals surface area contributed by atoms with Crippen LogP contribution in [0.4, 0.5) is 4.39 Å². The molecule has 0 N–H and O–H groups in total. The Morgan fingerprint density at radius 2 is 2.07 bits per heavy atom. The second kappa shape index (κ2) is 3.90. The Kier molecular flexibility index (Phi) is 2.60. The number of rotatable bonds is 1. The van der Waals surface area contributed by atoms with E-state index in [2.05, 4.69) is 15.0 Å². The zero-order valence-electron chi connectivity index (χ0n) is 7.91. The largest absolute Gasteiger partial charge is 0.222 e. The first-order chi connectivity index (χ1) is 7.16. The molecule has 2 aromatic rings. The molecule has 0 radical (unpaired) electrons. The van der Waals surface area contributed by atoms with E-state index in [9.17, 15) is 4.39 Å².